The molecule has 4 rings (SSSR count). The average Bonchev–Trinajstić information content (AvgIpc) is 3.24. The fourth-order valence-corrected chi connectivity index (χ4v) is 3.46. The van der Waals surface area contributed by atoms with E-state index in [1.807, 2.05) is 60.7 Å². The molecule has 4 aromatic rings. The second kappa shape index (κ2) is 9.62. The topological polar surface area (TPSA) is 70.9 Å². The van der Waals surface area contributed by atoms with E-state index in [4.69, 9.17) is 9.47 Å². The third-order valence-corrected chi connectivity index (χ3v) is 5.28. The fourth-order valence-electron chi connectivity index (χ4n) is 3.46. The molecule has 0 aliphatic rings. The van der Waals surface area contributed by atoms with Crippen molar-refractivity contribution in [3.63, 3.8) is 0 Å². The molecule has 1 heterocycles. The fraction of sp³-hybridized carbons (Fsp3) is 0.214. The van der Waals surface area contributed by atoms with Crippen LogP contribution in [-0.4, -0.2) is 23.2 Å². The van der Waals surface area contributed by atoms with E-state index in [0.717, 1.165) is 28.1 Å². The van der Waals surface area contributed by atoms with Crippen LogP contribution in [0.4, 0.5) is 0 Å². The van der Waals surface area contributed by atoms with Crippen molar-refractivity contribution in [3.05, 3.63) is 89.7 Å². The van der Waals surface area contributed by atoms with Gasteiger partial charge in [0.05, 0.1) is 16.6 Å². The molecule has 0 aliphatic heterocycles. The quantitative estimate of drug-likeness (QED) is 0.269. The maximum atomic E-state index is 9.65. The standard InChI is InChI=1S/C28H27N3O2/c1-28(2,3)22-11-13-23(14-12-22)32-15-16-33-24-8-6-7-20(18-24)17-21(19-29)27-30-25-9-4-5-10-26(25)31-27/h4-14,17-18H,15-16H2,1-3H3,(H,30,31). The number of benzene rings is 3. The van der Waals surface area contributed by atoms with E-state index in [0.29, 0.717) is 24.6 Å². The number of allylic oxidation sites excluding steroid dienone is 1. The third kappa shape index (κ3) is 5.61. The Kier molecular flexibility index (Phi) is 6.46. The summed E-state index contributed by atoms with van der Waals surface area (Å²) in [5.41, 5.74) is 4.46. The zero-order valence-electron chi connectivity index (χ0n) is 19.1. The highest BCUT2D eigenvalue weighted by atomic mass is 16.5. The van der Waals surface area contributed by atoms with Gasteiger partial charge in [0.2, 0.25) is 0 Å². The number of aromatic amines is 1. The number of nitrogens with one attached hydrogen (secondary N) is 1. The molecule has 0 saturated carbocycles. The lowest BCUT2D eigenvalue weighted by Crippen LogP contribution is -2.11. The molecule has 0 radical (unpaired) electrons. The van der Waals surface area contributed by atoms with Crippen molar-refractivity contribution in [1.29, 1.82) is 5.26 Å². The monoisotopic (exact) mass is 437 g/mol. The van der Waals surface area contributed by atoms with Crippen LogP contribution in [0.2, 0.25) is 0 Å². The van der Waals surface area contributed by atoms with E-state index in [2.05, 4.69) is 48.9 Å². The Hall–Kier alpha value is -4.04. The van der Waals surface area contributed by atoms with Gasteiger partial charge < -0.3 is 14.5 Å². The molecular formula is C28H27N3O2. The molecule has 5 nitrogen and oxygen atoms in total. The Morgan fingerprint density at radius 3 is 2.36 bits per heavy atom. The number of rotatable bonds is 7. The molecule has 1 N–H and O–H groups in total. The first kappa shape index (κ1) is 22.2. The van der Waals surface area contributed by atoms with Gasteiger partial charge in [0.25, 0.3) is 0 Å². The van der Waals surface area contributed by atoms with Gasteiger partial charge in [0.1, 0.15) is 36.6 Å². The molecule has 0 bridgehead atoms. The van der Waals surface area contributed by atoms with Gasteiger partial charge >= 0.3 is 0 Å². The SMILES string of the molecule is CC(C)(C)c1ccc(OCCOc2cccc(C=C(C#N)c3nc4ccccc4[nH]3)c2)cc1. The molecule has 0 unspecified atom stereocenters. The molecule has 5 heteroatoms. The number of hydrogen-bond acceptors (Lipinski definition) is 4. The normalized spacial score (nSPS) is 11.9. The number of fused-ring (bicyclic) bond motifs is 1. The molecule has 166 valence electrons. The smallest absolute Gasteiger partial charge is 0.149 e. The van der Waals surface area contributed by atoms with Gasteiger partial charge in [-0.05, 0) is 59.0 Å². The molecule has 0 spiro atoms. The van der Waals surface area contributed by atoms with Gasteiger partial charge in [-0.15, -0.1) is 0 Å². The van der Waals surface area contributed by atoms with Crippen LogP contribution in [-0.2, 0) is 5.41 Å². The van der Waals surface area contributed by atoms with Gasteiger partial charge in [-0.1, -0.05) is 57.2 Å². The van der Waals surface area contributed by atoms with Crippen molar-refractivity contribution in [2.45, 2.75) is 26.2 Å². The van der Waals surface area contributed by atoms with Crippen LogP contribution in [0.15, 0.2) is 72.8 Å². The van der Waals surface area contributed by atoms with Crippen LogP contribution in [0, 0.1) is 11.3 Å². The van der Waals surface area contributed by atoms with Crippen molar-refractivity contribution in [2.24, 2.45) is 0 Å². The second-order valence-electron chi connectivity index (χ2n) is 8.82. The summed E-state index contributed by atoms with van der Waals surface area (Å²) in [7, 11) is 0. The third-order valence-electron chi connectivity index (χ3n) is 5.28. The summed E-state index contributed by atoms with van der Waals surface area (Å²) < 4.78 is 11.7. The van der Waals surface area contributed by atoms with Gasteiger partial charge in [-0.25, -0.2) is 4.98 Å². The number of nitriles is 1. The number of imidazole rings is 1. The van der Waals surface area contributed by atoms with Gasteiger partial charge in [0, 0.05) is 0 Å². The van der Waals surface area contributed by atoms with Crippen LogP contribution in [0.5, 0.6) is 11.5 Å². The molecule has 3 aromatic carbocycles. The Morgan fingerprint density at radius 1 is 0.939 bits per heavy atom. The summed E-state index contributed by atoms with van der Waals surface area (Å²) in [6.07, 6.45) is 1.80. The summed E-state index contributed by atoms with van der Waals surface area (Å²) in [6.45, 7) is 7.43. The summed E-state index contributed by atoms with van der Waals surface area (Å²) in [4.78, 5) is 7.72. The van der Waals surface area contributed by atoms with Crippen molar-refractivity contribution in [2.75, 3.05) is 13.2 Å². The zero-order chi connectivity index (χ0) is 23.3. The maximum absolute atomic E-state index is 9.65. The molecule has 0 amide bonds. The number of ether oxygens (including phenoxy) is 2. The lowest BCUT2D eigenvalue weighted by atomic mass is 9.87. The first-order chi connectivity index (χ1) is 15.9. The highest BCUT2D eigenvalue weighted by Crippen LogP contribution is 2.24. The van der Waals surface area contributed by atoms with E-state index < -0.39 is 0 Å². The summed E-state index contributed by atoms with van der Waals surface area (Å²) in [6, 6.07) is 25.8. The number of para-hydroxylation sites is 2. The second-order valence-corrected chi connectivity index (χ2v) is 8.82. The van der Waals surface area contributed by atoms with Crippen LogP contribution < -0.4 is 9.47 Å². The zero-order valence-corrected chi connectivity index (χ0v) is 19.1. The van der Waals surface area contributed by atoms with Crippen LogP contribution in [0.3, 0.4) is 0 Å². The van der Waals surface area contributed by atoms with Gasteiger partial charge in [-0.3, -0.25) is 0 Å². The van der Waals surface area contributed by atoms with Crippen LogP contribution in [0.1, 0.15) is 37.7 Å². The number of hydrogen-bond donors (Lipinski definition) is 1. The molecule has 33 heavy (non-hydrogen) atoms. The Morgan fingerprint density at radius 2 is 1.67 bits per heavy atom. The van der Waals surface area contributed by atoms with Crippen LogP contribution in [0.25, 0.3) is 22.7 Å². The predicted octanol–water partition coefficient (Wildman–Crippen LogP) is 6.38. The Bertz CT molecular complexity index is 1270. The summed E-state index contributed by atoms with van der Waals surface area (Å²) in [5.74, 6) is 2.10. The average molecular weight is 438 g/mol. The molecule has 0 aliphatic carbocycles. The van der Waals surface area contributed by atoms with E-state index in [1.54, 1.807) is 6.08 Å². The lowest BCUT2D eigenvalue weighted by Gasteiger charge is -2.19. The lowest BCUT2D eigenvalue weighted by molar-refractivity contribution is 0.217. The van der Waals surface area contributed by atoms with Crippen LogP contribution >= 0.6 is 0 Å². The van der Waals surface area contributed by atoms with E-state index in [-0.39, 0.29) is 5.41 Å². The van der Waals surface area contributed by atoms with Gasteiger partial charge in [-0.2, -0.15) is 5.26 Å². The molecule has 0 atom stereocenters. The minimum Gasteiger partial charge on any atom is -0.490 e. The van der Waals surface area contributed by atoms with Crippen molar-refractivity contribution >= 4 is 22.7 Å². The summed E-state index contributed by atoms with van der Waals surface area (Å²) in [5, 5.41) is 9.65. The first-order valence-electron chi connectivity index (χ1n) is 11.0. The van der Waals surface area contributed by atoms with Gasteiger partial charge in [0.15, 0.2) is 0 Å². The first-order valence-corrected chi connectivity index (χ1v) is 11.0. The highest BCUT2D eigenvalue weighted by Gasteiger charge is 2.13. The number of nitrogens with zero attached hydrogens (tertiary/aromatic N) is 2. The van der Waals surface area contributed by atoms with E-state index in [9.17, 15) is 5.26 Å². The Balaban J connectivity index is 1.37. The van der Waals surface area contributed by atoms with Crippen molar-refractivity contribution < 1.29 is 9.47 Å². The molecule has 1 aromatic heterocycles. The minimum atomic E-state index is 0.122. The highest BCUT2D eigenvalue weighted by molar-refractivity contribution is 5.90. The minimum absolute atomic E-state index is 0.122. The number of aromatic nitrogens is 2. The maximum Gasteiger partial charge on any atom is 0.149 e. The number of H-pyrrole nitrogens is 1. The Labute approximate surface area is 194 Å². The molecular weight excluding hydrogens is 410 g/mol. The van der Waals surface area contributed by atoms with E-state index >= 15 is 0 Å². The predicted molar refractivity (Wildman–Crippen MR) is 132 cm³/mol. The molecule has 0 fully saturated rings. The largest absolute Gasteiger partial charge is 0.490 e. The van der Waals surface area contributed by atoms with E-state index in [1.165, 1.54) is 5.56 Å². The van der Waals surface area contributed by atoms with Crippen molar-refractivity contribution in [1.82, 2.24) is 9.97 Å². The molecule has 0 saturated heterocycles. The van der Waals surface area contributed by atoms with Crippen molar-refractivity contribution in [3.8, 4) is 17.6 Å². The summed E-state index contributed by atoms with van der Waals surface area (Å²) >= 11 is 0.